The minimum atomic E-state index is 0.0537. The molecule has 0 radical (unpaired) electrons. The molecule has 4 nitrogen and oxygen atoms in total. The fourth-order valence-corrected chi connectivity index (χ4v) is 2.10. The molecule has 0 atom stereocenters. The maximum Gasteiger partial charge on any atom is 0.236 e. The van der Waals surface area contributed by atoms with Crippen LogP contribution in [0.5, 0.6) is 0 Å². The Morgan fingerprint density at radius 3 is 2.88 bits per heavy atom. The monoisotopic (exact) mass is 251 g/mol. The third-order valence-corrected chi connectivity index (χ3v) is 3.15. The molecule has 1 amide bonds. The topological polar surface area (TPSA) is 47.3 Å². The summed E-state index contributed by atoms with van der Waals surface area (Å²) in [4.78, 5) is 15.3. The summed E-state index contributed by atoms with van der Waals surface area (Å²) in [6.07, 6.45) is 0.385. The SMILES string of the molecule is CN(CC(=O)N(C)CCC#N)Cc1ccsc1. The minimum Gasteiger partial charge on any atom is -0.344 e. The minimum absolute atomic E-state index is 0.0537. The van der Waals surface area contributed by atoms with Gasteiger partial charge in [-0.1, -0.05) is 0 Å². The van der Waals surface area contributed by atoms with Crippen LogP contribution in [0.4, 0.5) is 0 Å². The van der Waals surface area contributed by atoms with Gasteiger partial charge in [0.25, 0.3) is 0 Å². The second kappa shape index (κ2) is 7.05. The van der Waals surface area contributed by atoms with Crippen LogP contribution in [-0.2, 0) is 11.3 Å². The Labute approximate surface area is 106 Å². The summed E-state index contributed by atoms with van der Waals surface area (Å²) in [5.74, 6) is 0.0537. The average molecular weight is 251 g/mol. The fraction of sp³-hybridized carbons (Fsp3) is 0.500. The largest absolute Gasteiger partial charge is 0.344 e. The highest BCUT2D eigenvalue weighted by Gasteiger charge is 2.11. The first-order valence-electron chi connectivity index (χ1n) is 5.44. The third kappa shape index (κ3) is 4.98. The van der Waals surface area contributed by atoms with Crippen molar-refractivity contribution in [1.82, 2.24) is 9.80 Å². The first-order chi connectivity index (χ1) is 8.13. The van der Waals surface area contributed by atoms with Crippen LogP contribution in [0.2, 0.25) is 0 Å². The highest BCUT2D eigenvalue weighted by Crippen LogP contribution is 2.08. The van der Waals surface area contributed by atoms with E-state index in [9.17, 15) is 4.79 Å². The molecular formula is C12H17N3OS. The van der Waals surface area contributed by atoms with Gasteiger partial charge in [-0.05, 0) is 29.4 Å². The molecule has 0 N–H and O–H groups in total. The van der Waals surface area contributed by atoms with Crippen LogP contribution in [-0.4, -0.2) is 42.9 Å². The number of amides is 1. The predicted octanol–water partition coefficient (Wildman–Crippen LogP) is 1.55. The Kier molecular flexibility index (Phi) is 5.67. The number of rotatable bonds is 6. The van der Waals surface area contributed by atoms with Crippen LogP contribution < -0.4 is 0 Å². The lowest BCUT2D eigenvalue weighted by atomic mass is 10.3. The summed E-state index contributed by atoms with van der Waals surface area (Å²) in [5, 5.41) is 12.6. The molecule has 5 heteroatoms. The van der Waals surface area contributed by atoms with Crippen LogP contribution in [0.1, 0.15) is 12.0 Å². The van der Waals surface area contributed by atoms with Crippen LogP contribution in [0.25, 0.3) is 0 Å². The molecule has 0 aromatic carbocycles. The first kappa shape index (κ1) is 13.7. The molecule has 1 aromatic rings. The van der Waals surface area contributed by atoms with E-state index < -0.39 is 0 Å². The summed E-state index contributed by atoms with van der Waals surface area (Å²) < 4.78 is 0. The number of thiophene rings is 1. The molecule has 1 heterocycles. The van der Waals surface area contributed by atoms with E-state index in [-0.39, 0.29) is 5.91 Å². The molecule has 0 bridgehead atoms. The molecule has 17 heavy (non-hydrogen) atoms. The van der Waals surface area contributed by atoms with Gasteiger partial charge < -0.3 is 4.90 Å². The van der Waals surface area contributed by atoms with Crippen LogP contribution >= 0.6 is 11.3 Å². The quantitative estimate of drug-likeness (QED) is 0.770. The number of hydrogen-bond donors (Lipinski definition) is 0. The summed E-state index contributed by atoms with van der Waals surface area (Å²) in [6.45, 7) is 1.67. The zero-order valence-corrected chi connectivity index (χ0v) is 11.0. The van der Waals surface area contributed by atoms with Gasteiger partial charge in [0, 0.05) is 20.1 Å². The van der Waals surface area contributed by atoms with Crippen molar-refractivity contribution in [3.05, 3.63) is 22.4 Å². The Bertz CT molecular complexity index is 383. The number of nitrogens with zero attached hydrogens (tertiary/aromatic N) is 3. The second-order valence-corrected chi connectivity index (χ2v) is 4.81. The van der Waals surface area contributed by atoms with Crippen molar-refractivity contribution in [3.8, 4) is 6.07 Å². The Morgan fingerprint density at radius 1 is 1.53 bits per heavy atom. The van der Waals surface area contributed by atoms with E-state index in [2.05, 4.69) is 11.4 Å². The molecular weight excluding hydrogens is 234 g/mol. The predicted molar refractivity (Wildman–Crippen MR) is 68.5 cm³/mol. The lowest BCUT2D eigenvalue weighted by Gasteiger charge is -2.20. The van der Waals surface area contributed by atoms with Gasteiger partial charge in [-0.2, -0.15) is 16.6 Å². The summed E-state index contributed by atoms with van der Waals surface area (Å²) in [6, 6.07) is 4.10. The van der Waals surface area contributed by atoms with Gasteiger partial charge in [-0.15, -0.1) is 0 Å². The maximum absolute atomic E-state index is 11.8. The van der Waals surface area contributed by atoms with E-state index >= 15 is 0 Å². The number of carbonyl (C=O) groups excluding carboxylic acids is 1. The zero-order chi connectivity index (χ0) is 12.7. The maximum atomic E-state index is 11.8. The third-order valence-electron chi connectivity index (χ3n) is 2.42. The highest BCUT2D eigenvalue weighted by atomic mass is 32.1. The number of likely N-dealkylation sites (N-methyl/N-ethyl adjacent to an activating group) is 2. The van der Waals surface area contributed by atoms with Crippen LogP contribution in [0.3, 0.4) is 0 Å². The van der Waals surface area contributed by atoms with E-state index in [0.29, 0.717) is 19.5 Å². The molecule has 0 saturated heterocycles. The van der Waals surface area contributed by atoms with Crippen LogP contribution in [0, 0.1) is 11.3 Å². The molecule has 0 fully saturated rings. The van der Waals surface area contributed by atoms with Gasteiger partial charge in [-0.25, -0.2) is 0 Å². The average Bonchev–Trinajstić information content (AvgIpc) is 2.78. The van der Waals surface area contributed by atoms with Crippen LogP contribution in [0.15, 0.2) is 16.8 Å². The van der Waals surface area contributed by atoms with E-state index in [1.165, 1.54) is 5.56 Å². The second-order valence-electron chi connectivity index (χ2n) is 4.03. The van der Waals surface area contributed by atoms with Crippen molar-refractivity contribution in [2.75, 3.05) is 27.2 Å². The molecule has 1 aromatic heterocycles. The summed E-state index contributed by atoms with van der Waals surface area (Å²) >= 11 is 1.66. The van der Waals surface area contributed by atoms with Crippen molar-refractivity contribution in [1.29, 1.82) is 5.26 Å². The molecule has 0 spiro atoms. The molecule has 1 rings (SSSR count). The molecule has 0 aliphatic rings. The van der Waals surface area contributed by atoms with Gasteiger partial charge in [0.1, 0.15) is 0 Å². The van der Waals surface area contributed by atoms with Crippen molar-refractivity contribution in [2.45, 2.75) is 13.0 Å². The lowest BCUT2D eigenvalue weighted by Crippen LogP contribution is -2.36. The van der Waals surface area contributed by atoms with E-state index in [1.807, 2.05) is 23.4 Å². The Balaban J connectivity index is 2.33. The first-order valence-corrected chi connectivity index (χ1v) is 6.38. The van der Waals surface area contributed by atoms with E-state index in [0.717, 1.165) is 6.54 Å². The molecule has 92 valence electrons. The standard InChI is InChI=1S/C12H17N3OS/c1-14(8-11-4-7-17-10-11)9-12(16)15(2)6-3-5-13/h4,7,10H,3,6,8-9H2,1-2H3. The van der Waals surface area contributed by atoms with Crippen molar-refractivity contribution < 1.29 is 4.79 Å². The van der Waals surface area contributed by atoms with Gasteiger partial charge in [0.15, 0.2) is 0 Å². The van der Waals surface area contributed by atoms with Gasteiger partial charge in [0.05, 0.1) is 19.0 Å². The Hall–Kier alpha value is -1.38. The fourth-order valence-electron chi connectivity index (χ4n) is 1.44. The highest BCUT2D eigenvalue weighted by molar-refractivity contribution is 7.07. The van der Waals surface area contributed by atoms with Crippen molar-refractivity contribution in [2.24, 2.45) is 0 Å². The Morgan fingerprint density at radius 2 is 2.29 bits per heavy atom. The number of nitriles is 1. The zero-order valence-electron chi connectivity index (χ0n) is 10.2. The van der Waals surface area contributed by atoms with E-state index in [1.54, 1.807) is 23.3 Å². The normalized spacial score (nSPS) is 10.2. The van der Waals surface area contributed by atoms with Gasteiger partial charge >= 0.3 is 0 Å². The van der Waals surface area contributed by atoms with Gasteiger partial charge in [-0.3, -0.25) is 9.69 Å². The van der Waals surface area contributed by atoms with Crippen molar-refractivity contribution >= 4 is 17.2 Å². The summed E-state index contributed by atoms with van der Waals surface area (Å²) in [7, 11) is 3.66. The smallest absolute Gasteiger partial charge is 0.236 e. The molecule has 0 aliphatic carbocycles. The number of hydrogen-bond acceptors (Lipinski definition) is 4. The van der Waals surface area contributed by atoms with E-state index in [4.69, 9.17) is 5.26 Å². The molecule has 0 aliphatic heterocycles. The molecule has 0 unspecified atom stereocenters. The van der Waals surface area contributed by atoms with Gasteiger partial charge in [0.2, 0.25) is 5.91 Å². The molecule has 0 saturated carbocycles. The summed E-state index contributed by atoms with van der Waals surface area (Å²) in [5.41, 5.74) is 1.23. The van der Waals surface area contributed by atoms with Crippen molar-refractivity contribution in [3.63, 3.8) is 0 Å². The number of carbonyl (C=O) groups is 1. The lowest BCUT2D eigenvalue weighted by molar-refractivity contribution is -0.130.